The van der Waals surface area contributed by atoms with Gasteiger partial charge in [-0.15, -0.1) is 0 Å². The average molecular weight is 302 g/mol. The lowest BCUT2D eigenvalue weighted by Crippen LogP contribution is -2.13. The third kappa shape index (κ3) is 2.93. The molecule has 0 saturated carbocycles. The van der Waals surface area contributed by atoms with Gasteiger partial charge in [-0.1, -0.05) is 22.0 Å². The molecule has 2 rings (SSSR count). The van der Waals surface area contributed by atoms with Gasteiger partial charge in [-0.3, -0.25) is 4.79 Å². The van der Waals surface area contributed by atoms with Crippen molar-refractivity contribution in [2.45, 2.75) is 0 Å². The van der Waals surface area contributed by atoms with Crippen LogP contribution < -0.4 is 5.32 Å². The molecule has 18 heavy (non-hydrogen) atoms. The molecule has 1 amide bonds. The first kappa shape index (κ1) is 12.3. The first-order valence-electron chi connectivity index (χ1n) is 5.13. The zero-order chi connectivity index (χ0) is 13.0. The summed E-state index contributed by atoms with van der Waals surface area (Å²) in [6, 6.07) is 13.8. The highest BCUT2D eigenvalue weighted by atomic mass is 79.9. The van der Waals surface area contributed by atoms with E-state index in [9.17, 15) is 4.79 Å². The van der Waals surface area contributed by atoms with E-state index in [4.69, 9.17) is 5.26 Å². The Balaban J connectivity index is 2.17. The summed E-state index contributed by atoms with van der Waals surface area (Å²) in [6.45, 7) is 0. The highest BCUT2D eigenvalue weighted by Crippen LogP contribution is 2.14. The van der Waals surface area contributed by atoms with Crippen molar-refractivity contribution in [1.82, 2.24) is 4.98 Å². The number of hydrogen-bond donors (Lipinski definition) is 1. The number of carbonyl (C=O) groups excluding carboxylic acids is 1. The number of anilines is 1. The van der Waals surface area contributed by atoms with Crippen molar-refractivity contribution in [3.8, 4) is 6.07 Å². The zero-order valence-electron chi connectivity index (χ0n) is 9.22. The molecule has 0 fully saturated rings. The molecule has 0 spiro atoms. The van der Waals surface area contributed by atoms with E-state index < -0.39 is 0 Å². The maximum absolute atomic E-state index is 11.9. The Bertz CT molecular complexity index is 617. The normalized spacial score (nSPS) is 9.56. The molecule has 0 saturated heterocycles. The van der Waals surface area contributed by atoms with Gasteiger partial charge in [0, 0.05) is 10.2 Å². The summed E-state index contributed by atoms with van der Waals surface area (Å²) < 4.78 is 0.935. The van der Waals surface area contributed by atoms with Crippen LogP contribution in [0.3, 0.4) is 0 Å². The van der Waals surface area contributed by atoms with E-state index in [0.717, 1.165) is 4.47 Å². The number of pyridine rings is 1. The number of nitriles is 1. The fourth-order valence-electron chi connectivity index (χ4n) is 1.35. The van der Waals surface area contributed by atoms with Crippen LogP contribution in [0.25, 0.3) is 0 Å². The predicted molar refractivity (Wildman–Crippen MR) is 71.0 cm³/mol. The molecule has 2 aromatic rings. The van der Waals surface area contributed by atoms with Crippen LogP contribution in [0.2, 0.25) is 0 Å². The fraction of sp³-hybridized carbons (Fsp3) is 0. The van der Waals surface area contributed by atoms with Crippen molar-refractivity contribution >= 4 is 27.5 Å². The summed E-state index contributed by atoms with van der Waals surface area (Å²) in [5.41, 5.74) is 1.11. The Labute approximate surface area is 112 Å². The maximum atomic E-state index is 11.9. The molecule has 1 aromatic heterocycles. The minimum atomic E-state index is -0.338. The number of carbonyl (C=O) groups is 1. The molecule has 0 radical (unpaired) electrons. The Hall–Kier alpha value is -2.19. The number of rotatable bonds is 2. The van der Waals surface area contributed by atoms with Gasteiger partial charge in [-0.25, -0.2) is 4.98 Å². The number of aromatic nitrogens is 1. The topological polar surface area (TPSA) is 65.8 Å². The molecule has 0 unspecified atom stereocenters. The lowest BCUT2D eigenvalue weighted by molar-refractivity contribution is 0.102. The van der Waals surface area contributed by atoms with Crippen molar-refractivity contribution < 1.29 is 4.79 Å². The second kappa shape index (κ2) is 5.43. The highest BCUT2D eigenvalue weighted by molar-refractivity contribution is 9.10. The molecule has 5 heteroatoms. The van der Waals surface area contributed by atoms with E-state index in [1.807, 2.05) is 18.2 Å². The number of hydrogen-bond acceptors (Lipinski definition) is 3. The third-order valence-electron chi connectivity index (χ3n) is 2.20. The zero-order valence-corrected chi connectivity index (χ0v) is 10.8. The lowest BCUT2D eigenvalue weighted by atomic mass is 10.2. The minimum absolute atomic E-state index is 0.219. The van der Waals surface area contributed by atoms with E-state index in [1.54, 1.807) is 30.3 Å². The van der Waals surface area contributed by atoms with E-state index in [2.05, 4.69) is 26.2 Å². The van der Waals surface area contributed by atoms with Crippen molar-refractivity contribution in [3.05, 3.63) is 58.3 Å². The number of nitrogens with one attached hydrogen (secondary N) is 1. The Kier molecular flexibility index (Phi) is 3.70. The van der Waals surface area contributed by atoms with Crippen LogP contribution in [0.15, 0.2) is 46.9 Å². The van der Waals surface area contributed by atoms with Crippen molar-refractivity contribution in [3.63, 3.8) is 0 Å². The van der Waals surface area contributed by atoms with Crippen LogP contribution in [-0.4, -0.2) is 10.9 Å². The first-order valence-corrected chi connectivity index (χ1v) is 5.92. The van der Waals surface area contributed by atoms with Gasteiger partial charge in [0.05, 0.1) is 0 Å². The van der Waals surface area contributed by atoms with Crippen LogP contribution >= 0.6 is 15.9 Å². The summed E-state index contributed by atoms with van der Waals surface area (Å²) in [6.07, 6.45) is 0. The Morgan fingerprint density at radius 2 is 1.94 bits per heavy atom. The fourth-order valence-corrected chi connectivity index (χ4v) is 1.62. The molecule has 88 valence electrons. The minimum Gasteiger partial charge on any atom is -0.321 e. The second-order valence-electron chi connectivity index (χ2n) is 3.48. The van der Waals surface area contributed by atoms with Crippen molar-refractivity contribution in [1.29, 1.82) is 5.26 Å². The van der Waals surface area contributed by atoms with E-state index >= 15 is 0 Å². The van der Waals surface area contributed by atoms with E-state index in [-0.39, 0.29) is 17.3 Å². The Morgan fingerprint density at radius 3 is 2.61 bits per heavy atom. The van der Waals surface area contributed by atoms with Gasteiger partial charge in [0.25, 0.3) is 5.91 Å². The van der Waals surface area contributed by atoms with Gasteiger partial charge in [-0.2, -0.15) is 5.26 Å². The molecule has 0 aliphatic heterocycles. The predicted octanol–water partition coefficient (Wildman–Crippen LogP) is 2.97. The van der Waals surface area contributed by atoms with Gasteiger partial charge in [-0.05, 0) is 36.4 Å². The molecular formula is C13H8BrN3O. The van der Waals surface area contributed by atoms with Gasteiger partial charge in [0.15, 0.2) is 0 Å². The van der Waals surface area contributed by atoms with Crippen molar-refractivity contribution in [2.75, 3.05) is 5.32 Å². The molecule has 4 nitrogen and oxygen atoms in total. The molecule has 1 heterocycles. The smallest absolute Gasteiger partial charge is 0.274 e. The van der Waals surface area contributed by atoms with Gasteiger partial charge >= 0.3 is 0 Å². The number of nitrogens with zero attached hydrogens (tertiary/aromatic N) is 2. The van der Waals surface area contributed by atoms with Crippen LogP contribution in [0, 0.1) is 11.3 Å². The SMILES string of the molecule is N#Cc1cccc(C(=O)Nc2ccc(Br)cc2)n1. The summed E-state index contributed by atoms with van der Waals surface area (Å²) in [5.74, 6) is -0.338. The highest BCUT2D eigenvalue weighted by Gasteiger charge is 2.08. The first-order chi connectivity index (χ1) is 8.69. The molecule has 0 aliphatic rings. The maximum Gasteiger partial charge on any atom is 0.274 e. The molecule has 0 bridgehead atoms. The number of benzene rings is 1. The molecular weight excluding hydrogens is 294 g/mol. The van der Waals surface area contributed by atoms with Gasteiger partial charge in [0.1, 0.15) is 17.5 Å². The van der Waals surface area contributed by atoms with Crippen LogP contribution in [0.4, 0.5) is 5.69 Å². The average Bonchev–Trinajstić information content (AvgIpc) is 2.41. The van der Waals surface area contributed by atoms with Crippen LogP contribution in [-0.2, 0) is 0 Å². The second-order valence-corrected chi connectivity index (χ2v) is 4.40. The molecule has 1 N–H and O–H groups in total. The monoisotopic (exact) mass is 301 g/mol. The van der Waals surface area contributed by atoms with Crippen LogP contribution in [0.5, 0.6) is 0 Å². The summed E-state index contributed by atoms with van der Waals surface area (Å²) >= 11 is 3.31. The Morgan fingerprint density at radius 1 is 1.22 bits per heavy atom. The number of halogens is 1. The molecule has 0 aliphatic carbocycles. The van der Waals surface area contributed by atoms with E-state index in [0.29, 0.717) is 5.69 Å². The van der Waals surface area contributed by atoms with Gasteiger partial charge < -0.3 is 5.32 Å². The molecule has 1 aromatic carbocycles. The van der Waals surface area contributed by atoms with E-state index in [1.165, 1.54) is 0 Å². The summed E-state index contributed by atoms with van der Waals surface area (Å²) in [7, 11) is 0. The largest absolute Gasteiger partial charge is 0.321 e. The van der Waals surface area contributed by atoms with Gasteiger partial charge in [0.2, 0.25) is 0 Å². The van der Waals surface area contributed by atoms with Crippen LogP contribution in [0.1, 0.15) is 16.2 Å². The summed E-state index contributed by atoms with van der Waals surface area (Å²) in [4.78, 5) is 15.8. The summed E-state index contributed by atoms with van der Waals surface area (Å²) in [5, 5.41) is 11.4. The number of amides is 1. The third-order valence-corrected chi connectivity index (χ3v) is 2.73. The standard InChI is InChI=1S/C13H8BrN3O/c14-9-4-6-10(7-5-9)17-13(18)12-3-1-2-11(8-15)16-12/h1-7H,(H,17,18). The molecule has 0 atom stereocenters. The quantitative estimate of drug-likeness (QED) is 0.927. The van der Waals surface area contributed by atoms with Crippen molar-refractivity contribution in [2.24, 2.45) is 0 Å². The lowest BCUT2D eigenvalue weighted by Gasteiger charge is -2.04.